The second-order valence-corrected chi connectivity index (χ2v) is 3.01. The largest absolute Gasteiger partial charge is 0.396 e. The second kappa shape index (κ2) is 5.52. The molecule has 0 spiro atoms. The maximum atomic E-state index is 9.17. The number of aliphatic hydroxyl groups excluding tert-OH is 3. The first-order valence-corrected chi connectivity index (χ1v) is 4.06. The van der Waals surface area contributed by atoms with Crippen molar-refractivity contribution >= 4 is 0 Å². The molecule has 68 valence electrons. The SMILES string of the molecule is CC(O)C(CCCO)C(C)O. The minimum Gasteiger partial charge on any atom is -0.396 e. The average molecular weight is 162 g/mol. The summed E-state index contributed by atoms with van der Waals surface area (Å²) < 4.78 is 0. The highest BCUT2D eigenvalue weighted by atomic mass is 16.3. The highest BCUT2D eigenvalue weighted by molar-refractivity contribution is 4.69. The second-order valence-electron chi connectivity index (χ2n) is 3.01. The van der Waals surface area contributed by atoms with Crippen LogP contribution in [0.3, 0.4) is 0 Å². The third kappa shape index (κ3) is 4.35. The molecule has 0 amide bonds. The van der Waals surface area contributed by atoms with Gasteiger partial charge in [-0.05, 0) is 26.7 Å². The highest BCUT2D eigenvalue weighted by Crippen LogP contribution is 2.15. The minimum atomic E-state index is -0.499. The van der Waals surface area contributed by atoms with Crippen molar-refractivity contribution in [2.24, 2.45) is 5.92 Å². The quantitative estimate of drug-likeness (QED) is 0.539. The first-order chi connectivity index (χ1) is 5.09. The van der Waals surface area contributed by atoms with E-state index in [-0.39, 0.29) is 12.5 Å². The minimum absolute atomic E-state index is 0.109. The molecule has 0 radical (unpaired) electrons. The van der Waals surface area contributed by atoms with E-state index in [0.717, 1.165) is 0 Å². The maximum absolute atomic E-state index is 9.17. The summed E-state index contributed by atoms with van der Waals surface area (Å²) in [7, 11) is 0. The summed E-state index contributed by atoms with van der Waals surface area (Å²) in [6.45, 7) is 3.44. The zero-order valence-electron chi connectivity index (χ0n) is 7.20. The first kappa shape index (κ1) is 10.9. The van der Waals surface area contributed by atoms with Crippen molar-refractivity contribution in [2.45, 2.75) is 38.9 Å². The molecule has 0 aliphatic carbocycles. The van der Waals surface area contributed by atoms with Gasteiger partial charge in [-0.1, -0.05) is 0 Å². The van der Waals surface area contributed by atoms with Gasteiger partial charge in [0.05, 0.1) is 12.2 Å². The fourth-order valence-corrected chi connectivity index (χ4v) is 1.21. The van der Waals surface area contributed by atoms with Crippen LogP contribution in [0.15, 0.2) is 0 Å². The van der Waals surface area contributed by atoms with Crippen molar-refractivity contribution in [3.05, 3.63) is 0 Å². The molecular formula is C8H18O3. The van der Waals surface area contributed by atoms with Gasteiger partial charge in [-0.3, -0.25) is 0 Å². The van der Waals surface area contributed by atoms with E-state index in [1.807, 2.05) is 0 Å². The monoisotopic (exact) mass is 162 g/mol. The van der Waals surface area contributed by atoms with Gasteiger partial charge in [-0.25, -0.2) is 0 Å². The summed E-state index contributed by atoms with van der Waals surface area (Å²) in [6.07, 6.45) is 0.315. The molecule has 0 aliphatic heterocycles. The van der Waals surface area contributed by atoms with Crippen LogP contribution in [0.25, 0.3) is 0 Å². The molecule has 0 aromatic rings. The molecule has 2 atom stereocenters. The van der Waals surface area contributed by atoms with Gasteiger partial charge in [0, 0.05) is 12.5 Å². The number of rotatable bonds is 5. The van der Waals surface area contributed by atoms with Crippen LogP contribution in [-0.4, -0.2) is 34.1 Å². The van der Waals surface area contributed by atoms with Crippen LogP contribution in [0, 0.1) is 5.92 Å². The molecule has 0 saturated heterocycles. The van der Waals surface area contributed by atoms with Gasteiger partial charge in [0.15, 0.2) is 0 Å². The van der Waals surface area contributed by atoms with Gasteiger partial charge >= 0.3 is 0 Å². The number of hydrogen-bond acceptors (Lipinski definition) is 3. The van der Waals surface area contributed by atoms with E-state index in [1.54, 1.807) is 13.8 Å². The van der Waals surface area contributed by atoms with E-state index in [1.165, 1.54) is 0 Å². The Kier molecular flexibility index (Phi) is 5.46. The number of hydrogen-bond donors (Lipinski definition) is 3. The third-order valence-electron chi connectivity index (χ3n) is 1.93. The highest BCUT2D eigenvalue weighted by Gasteiger charge is 2.19. The lowest BCUT2D eigenvalue weighted by Gasteiger charge is -2.21. The van der Waals surface area contributed by atoms with Gasteiger partial charge in [-0.15, -0.1) is 0 Å². The van der Waals surface area contributed by atoms with Crippen LogP contribution >= 0.6 is 0 Å². The van der Waals surface area contributed by atoms with Crippen molar-refractivity contribution in [3.63, 3.8) is 0 Å². The summed E-state index contributed by atoms with van der Waals surface area (Å²) in [4.78, 5) is 0. The van der Waals surface area contributed by atoms with Gasteiger partial charge in [0.25, 0.3) is 0 Å². The van der Waals surface area contributed by atoms with Gasteiger partial charge < -0.3 is 15.3 Å². The van der Waals surface area contributed by atoms with Crippen molar-refractivity contribution in [3.8, 4) is 0 Å². The smallest absolute Gasteiger partial charge is 0.0564 e. The van der Waals surface area contributed by atoms with E-state index >= 15 is 0 Å². The average Bonchev–Trinajstić information content (AvgIpc) is 1.87. The van der Waals surface area contributed by atoms with Crippen molar-refractivity contribution in [1.29, 1.82) is 0 Å². The van der Waals surface area contributed by atoms with Crippen LogP contribution in [0.1, 0.15) is 26.7 Å². The molecule has 0 saturated carbocycles. The van der Waals surface area contributed by atoms with E-state index in [2.05, 4.69) is 0 Å². The lowest BCUT2D eigenvalue weighted by molar-refractivity contribution is 0.0239. The van der Waals surface area contributed by atoms with Crippen molar-refractivity contribution < 1.29 is 15.3 Å². The Labute approximate surface area is 67.7 Å². The van der Waals surface area contributed by atoms with Crippen LogP contribution in [-0.2, 0) is 0 Å². The lowest BCUT2D eigenvalue weighted by atomic mass is 9.93. The lowest BCUT2D eigenvalue weighted by Crippen LogP contribution is -2.27. The topological polar surface area (TPSA) is 60.7 Å². The predicted molar refractivity (Wildman–Crippen MR) is 43.2 cm³/mol. The predicted octanol–water partition coefficient (Wildman–Crippen LogP) is 0.137. The molecule has 3 heteroatoms. The Balaban J connectivity index is 3.70. The van der Waals surface area contributed by atoms with Crippen molar-refractivity contribution in [2.75, 3.05) is 6.61 Å². The Bertz CT molecular complexity index is 83.3. The molecule has 0 aromatic heterocycles. The van der Waals surface area contributed by atoms with E-state index in [9.17, 15) is 0 Å². The molecule has 0 aromatic carbocycles. The molecule has 0 aliphatic rings. The molecule has 3 nitrogen and oxygen atoms in total. The molecule has 0 heterocycles. The first-order valence-electron chi connectivity index (χ1n) is 4.06. The normalized spacial score (nSPS) is 19.4. The molecule has 0 bridgehead atoms. The van der Waals surface area contributed by atoms with Gasteiger partial charge in [0.1, 0.15) is 0 Å². The van der Waals surface area contributed by atoms with E-state index in [4.69, 9.17) is 15.3 Å². The van der Waals surface area contributed by atoms with Crippen LogP contribution in [0.4, 0.5) is 0 Å². The molecular weight excluding hydrogens is 144 g/mol. The van der Waals surface area contributed by atoms with E-state index in [0.29, 0.717) is 12.8 Å². The number of aliphatic hydroxyl groups is 3. The Hall–Kier alpha value is -0.120. The summed E-state index contributed by atoms with van der Waals surface area (Å²) in [6, 6.07) is 0. The zero-order chi connectivity index (χ0) is 8.85. The summed E-state index contributed by atoms with van der Waals surface area (Å²) in [5.74, 6) is -0.109. The van der Waals surface area contributed by atoms with Gasteiger partial charge in [0.2, 0.25) is 0 Å². The Morgan fingerprint density at radius 2 is 1.55 bits per heavy atom. The fourth-order valence-electron chi connectivity index (χ4n) is 1.21. The van der Waals surface area contributed by atoms with E-state index < -0.39 is 12.2 Å². The van der Waals surface area contributed by atoms with Crippen LogP contribution in [0.5, 0.6) is 0 Å². The Morgan fingerprint density at radius 3 is 1.82 bits per heavy atom. The molecule has 0 fully saturated rings. The fraction of sp³-hybridized carbons (Fsp3) is 1.00. The maximum Gasteiger partial charge on any atom is 0.0564 e. The molecule has 11 heavy (non-hydrogen) atoms. The zero-order valence-corrected chi connectivity index (χ0v) is 7.20. The standard InChI is InChI=1S/C8H18O3/c1-6(10)8(7(2)11)4-3-5-9/h6-11H,3-5H2,1-2H3. The summed E-state index contributed by atoms with van der Waals surface area (Å²) in [5, 5.41) is 26.9. The van der Waals surface area contributed by atoms with Crippen molar-refractivity contribution in [1.82, 2.24) is 0 Å². The summed E-state index contributed by atoms with van der Waals surface area (Å²) in [5.41, 5.74) is 0. The van der Waals surface area contributed by atoms with Crippen LogP contribution < -0.4 is 0 Å². The molecule has 0 rings (SSSR count). The third-order valence-corrected chi connectivity index (χ3v) is 1.93. The van der Waals surface area contributed by atoms with Crippen LogP contribution in [0.2, 0.25) is 0 Å². The van der Waals surface area contributed by atoms with Gasteiger partial charge in [-0.2, -0.15) is 0 Å². The Morgan fingerprint density at radius 1 is 1.09 bits per heavy atom. The molecule has 2 unspecified atom stereocenters. The summed E-state index contributed by atoms with van der Waals surface area (Å²) >= 11 is 0. The molecule has 3 N–H and O–H groups in total.